The molecule has 0 atom stereocenters. The van der Waals surface area contributed by atoms with Crippen LogP contribution in [0.5, 0.6) is 0 Å². The van der Waals surface area contributed by atoms with E-state index in [9.17, 15) is 9.18 Å². The van der Waals surface area contributed by atoms with E-state index in [0.717, 1.165) is 0 Å². The number of carbonyl (C=O) groups is 1. The van der Waals surface area contributed by atoms with E-state index in [1.54, 1.807) is 49.4 Å². The van der Waals surface area contributed by atoms with Crippen LogP contribution in [0.3, 0.4) is 0 Å². The third-order valence-electron chi connectivity index (χ3n) is 4.34. The zero-order chi connectivity index (χ0) is 20.4. The molecule has 0 fully saturated rings. The number of halogens is 2. The van der Waals surface area contributed by atoms with Gasteiger partial charge in [0.05, 0.1) is 11.6 Å². The molecule has 2 aromatic carbocycles. The van der Waals surface area contributed by atoms with Crippen molar-refractivity contribution >= 4 is 17.5 Å². The predicted molar refractivity (Wildman–Crippen MR) is 105 cm³/mol. The fourth-order valence-electron chi connectivity index (χ4n) is 2.88. The molecule has 0 unspecified atom stereocenters. The first-order valence-electron chi connectivity index (χ1n) is 8.74. The molecule has 146 valence electrons. The summed E-state index contributed by atoms with van der Waals surface area (Å²) < 4.78 is 23.5. The Morgan fingerprint density at radius 1 is 1.10 bits per heavy atom. The molecular weight excluding hydrogens is 397 g/mol. The maximum atomic E-state index is 13.0. The monoisotopic (exact) mass is 411 g/mol. The van der Waals surface area contributed by atoms with Crippen LogP contribution in [0.15, 0.2) is 63.6 Å². The van der Waals surface area contributed by atoms with E-state index < -0.39 is 0 Å². The fraction of sp³-hybridized carbons (Fsp3) is 0.0952. The molecule has 0 saturated carbocycles. The Balaban J connectivity index is 1.51. The summed E-state index contributed by atoms with van der Waals surface area (Å²) >= 11 is 6.23. The van der Waals surface area contributed by atoms with E-state index in [-0.39, 0.29) is 18.3 Å². The van der Waals surface area contributed by atoms with Gasteiger partial charge in [-0.15, -0.1) is 0 Å². The largest absolute Gasteiger partial charge is 0.360 e. The van der Waals surface area contributed by atoms with E-state index in [2.05, 4.69) is 15.6 Å². The predicted octanol–water partition coefficient (Wildman–Crippen LogP) is 5.03. The van der Waals surface area contributed by atoms with E-state index in [4.69, 9.17) is 20.6 Å². The van der Waals surface area contributed by atoms with Gasteiger partial charge in [0.2, 0.25) is 0 Å². The van der Waals surface area contributed by atoms with Gasteiger partial charge < -0.3 is 14.4 Å². The van der Waals surface area contributed by atoms with E-state index in [1.165, 1.54) is 12.1 Å². The Kier molecular flexibility index (Phi) is 5.14. The second-order valence-electron chi connectivity index (χ2n) is 6.31. The first kappa shape index (κ1) is 18.9. The zero-order valence-electron chi connectivity index (χ0n) is 15.3. The Morgan fingerprint density at radius 3 is 2.62 bits per heavy atom. The average Bonchev–Trinajstić information content (AvgIpc) is 3.34. The molecule has 0 spiro atoms. The third kappa shape index (κ3) is 3.90. The summed E-state index contributed by atoms with van der Waals surface area (Å²) in [6.07, 6.45) is 0. The molecule has 0 aliphatic heterocycles. The zero-order valence-corrected chi connectivity index (χ0v) is 16.0. The molecule has 2 aromatic heterocycles. The van der Waals surface area contributed by atoms with Gasteiger partial charge in [-0.1, -0.05) is 40.1 Å². The smallest absolute Gasteiger partial charge is 0.257 e. The highest BCUT2D eigenvalue weighted by Gasteiger charge is 2.23. The van der Waals surface area contributed by atoms with Gasteiger partial charge in [0.25, 0.3) is 5.91 Å². The van der Waals surface area contributed by atoms with Gasteiger partial charge in [0.1, 0.15) is 28.5 Å². The highest BCUT2D eigenvalue weighted by Crippen LogP contribution is 2.31. The number of carbonyl (C=O) groups excluding carboxylic acids is 1. The average molecular weight is 412 g/mol. The van der Waals surface area contributed by atoms with Gasteiger partial charge in [-0.25, -0.2) is 4.39 Å². The summed E-state index contributed by atoms with van der Waals surface area (Å²) in [6, 6.07) is 14.6. The lowest BCUT2D eigenvalue weighted by Crippen LogP contribution is -2.23. The molecule has 0 aliphatic carbocycles. The maximum absolute atomic E-state index is 13.0. The normalized spacial score (nSPS) is 10.9. The highest BCUT2D eigenvalue weighted by molar-refractivity contribution is 6.33. The van der Waals surface area contributed by atoms with Gasteiger partial charge >= 0.3 is 0 Å². The van der Waals surface area contributed by atoms with E-state index >= 15 is 0 Å². The Bertz CT molecular complexity index is 1170. The van der Waals surface area contributed by atoms with Crippen molar-refractivity contribution in [1.82, 2.24) is 15.6 Å². The van der Waals surface area contributed by atoms with Crippen molar-refractivity contribution in [2.45, 2.75) is 13.5 Å². The molecular formula is C21H15ClFN3O3. The van der Waals surface area contributed by atoms with Crippen molar-refractivity contribution in [3.05, 3.63) is 82.5 Å². The van der Waals surface area contributed by atoms with Crippen LogP contribution in [-0.4, -0.2) is 16.2 Å². The van der Waals surface area contributed by atoms with Crippen LogP contribution < -0.4 is 5.32 Å². The number of nitrogens with zero attached hydrogens (tertiary/aromatic N) is 2. The lowest BCUT2D eigenvalue weighted by molar-refractivity contribution is 0.0949. The summed E-state index contributed by atoms with van der Waals surface area (Å²) in [5.41, 5.74) is 2.49. The second kappa shape index (κ2) is 7.89. The van der Waals surface area contributed by atoms with Crippen molar-refractivity contribution in [2.75, 3.05) is 0 Å². The minimum Gasteiger partial charge on any atom is -0.360 e. The van der Waals surface area contributed by atoms with Crippen LogP contribution in [0.2, 0.25) is 5.02 Å². The Hall–Kier alpha value is -3.45. The molecule has 1 N–H and O–H groups in total. The summed E-state index contributed by atoms with van der Waals surface area (Å²) in [7, 11) is 0. The number of benzene rings is 2. The molecule has 0 radical (unpaired) electrons. The van der Waals surface area contributed by atoms with Crippen molar-refractivity contribution in [3.63, 3.8) is 0 Å². The summed E-state index contributed by atoms with van der Waals surface area (Å²) in [4.78, 5) is 12.8. The summed E-state index contributed by atoms with van der Waals surface area (Å²) in [6.45, 7) is 1.79. The molecule has 4 rings (SSSR count). The fourth-order valence-corrected chi connectivity index (χ4v) is 3.11. The van der Waals surface area contributed by atoms with Crippen molar-refractivity contribution < 1.29 is 18.2 Å². The molecule has 8 heteroatoms. The summed E-state index contributed by atoms with van der Waals surface area (Å²) in [5, 5.41) is 11.2. The molecule has 2 heterocycles. The number of aryl methyl sites for hydroxylation is 1. The molecule has 6 nitrogen and oxygen atoms in total. The lowest BCUT2D eigenvalue weighted by atomic mass is 10.1. The first-order chi connectivity index (χ1) is 14.0. The lowest BCUT2D eigenvalue weighted by Gasteiger charge is -2.05. The number of rotatable bonds is 5. The number of nitrogens with one attached hydrogen (secondary N) is 1. The summed E-state index contributed by atoms with van der Waals surface area (Å²) in [5.74, 6) is 0.154. The minimum absolute atomic E-state index is 0.135. The Morgan fingerprint density at radius 2 is 1.86 bits per heavy atom. The van der Waals surface area contributed by atoms with E-state index in [1.807, 2.05) is 0 Å². The molecule has 1 amide bonds. The van der Waals surface area contributed by atoms with Crippen LogP contribution in [0.4, 0.5) is 4.39 Å². The second-order valence-corrected chi connectivity index (χ2v) is 6.72. The van der Waals surface area contributed by atoms with Crippen LogP contribution >= 0.6 is 11.6 Å². The van der Waals surface area contributed by atoms with Gasteiger partial charge in [-0.05, 0) is 37.3 Å². The maximum Gasteiger partial charge on any atom is 0.257 e. The van der Waals surface area contributed by atoms with Gasteiger partial charge in [-0.3, -0.25) is 4.79 Å². The first-order valence-corrected chi connectivity index (χ1v) is 9.11. The molecule has 0 saturated heterocycles. The molecule has 0 bridgehead atoms. The van der Waals surface area contributed by atoms with E-state index in [0.29, 0.717) is 44.6 Å². The van der Waals surface area contributed by atoms with Crippen molar-refractivity contribution in [1.29, 1.82) is 0 Å². The van der Waals surface area contributed by atoms with Crippen molar-refractivity contribution in [3.8, 4) is 22.6 Å². The highest BCUT2D eigenvalue weighted by atomic mass is 35.5. The minimum atomic E-state index is -0.370. The van der Waals surface area contributed by atoms with Crippen LogP contribution in [-0.2, 0) is 6.54 Å². The van der Waals surface area contributed by atoms with Crippen LogP contribution in [0.1, 0.15) is 21.8 Å². The quantitative estimate of drug-likeness (QED) is 0.498. The number of hydrogen-bond donors (Lipinski definition) is 1. The van der Waals surface area contributed by atoms with Gasteiger partial charge in [-0.2, -0.15) is 0 Å². The van der Waals surface area contributed by atoms with Gasteiger partial charge in [0.15, 0.2) is 5.76 Å². The van der Waals surface area contributed by atoms with Crippen LogP contribution in [0, 0.1) is 12.7 Å². The van der Waals surface area contributed by atoms with Crippen molar-refractivity contribution in [2.24, 2.45) is 0 Å². The topological polar surface area (TPSA) is 81.2 Å². The number of hydrogen-bond acceptors (Lipinski definition) is 5. The molecule has 0 aliphatic rings. The number of aromatic nitrogens is 2. The Labute approximate surface area is 170 Å². The molecule has 4 aromatic rings. The van der Waals surface area contributed by atoms with Crippen LogP contribution in [0.25, 0.3) is 22.6 Å². The SMILES string of the molecule is Cc1onc(-c2ccccc2Cl)c1C(=O)NCc1cc(-c2ccc(F)cc2)on1. The third-order valence-corrected chi connectivity index (χ3v) is 4.67. The number of amides is 1. The molecule has 29 heavy (non-hydrogen) atoms. The standard InChI is InChI=1S/C21H15ClFN3O3/c1-12-19(20(26-28-12)16-4-2-3-5-17(16)22)21(27)24-11-15-10-18(29-25-15)13-6-8-14(23)9-7-13/h2-10H,11H2,1H3,(H,24,27). The van der Waals surface area contributed by atoms with Gasteiger partial charge in [0, 0.05) is 17.2 Å².